The lowest BCUT2D eigenvalue weighted by atomic mass is 10.1. The molecule has 0 bridgehead atoms. The molecule has 1 aromatic rings. The molecule has 0 aliphatic heterocycles. The Bertz CT molecular complexity index is 495. The first-order chi connectivity index (χ1) is 9.73. The molecule has 21 heavy (non-hydrogen) atoms. The minimum atomic E-state index is -1.22. The van der Waals surface area contributed by atoms with E-state index in [-0.39, 0.29) is 0 Å². The molecule has 1 amide bonds. The topological polar surface area (TPSA) is 73.9 Å². The molecule has 1 atom stereocenters. The van der Waals surface area contributed by atoms with E-state index in [9.17, 15) is 14.0 Å². The van der Waals surface area contributed by atoms with E-state index in [0.717, 1.165) is 0 Å². The molecule has 1 aromatic carbocycles. The van der Waals surface area contributed by atoms with Gasteiger partial charge in [0.2, 0.25) is 6.10 Å². The zero-order chi connectivity index (χ0) is 16.0. The average Bonchev–Trinajstić information content (AvgIpc) is 2.38. The van der Waals surface area contributed by atoms with Gasteiger partial charge in [0.05, 0.1) is 7.11 Å². The summed E-state index contributed by atoms with van der Waals surface area (Å²) >= 11 is 0. The predicted octanol–water partition coefficient (Wildman–Crippen LogP) is 2.50. The smallest absolute Gasteiger partial charge is 0.431 e. The summed E-state index contributed by atoms with van der Waals surface area (Å²) in [5.74, 6) is -1.19. The number of halogens is 1. The molecule has 0 aliphatic rings. The maximum Gasteiger partial charge on any atom is 0.431 e. The highest BCUT2D eigenvalue weighted by molar-refractivity contribution is 5.76. The van der Waals surface area contributed by atoms with Crippen molar-refractivity contribution in [1.82, 2.24) is 5.48 Å². The van der Waals surface area contributed by atoms with E-state index < -0.39 is 29.6 Å². The van der Waals surface area contributed by atoms with Gasteiger partial charge < -0.3 is 9.47 Å². The molecule has 1 N–H and O–H groups in total. The number of hydroxylamine groups is 1. The molecule has 116 valence electrons. The van der Waals surface area contributed by atoms with E-state index >= 15 is 0 Å². The highest BCUT2D eigenvalue weighted by atomic mass is 19.1. The lowest BCUT2D eigenvalue weighted by molar-refractivity contribution is -0.159. The van der Waals surface area contributed by atoms with Crippen molar-refractivity contribution in [2.45, 2.75) is 32.5 Å². The largest absolute Gasteiger partial charge is 0.467 e. The Balaban J connectivity index is 2.74. The molecule has 6 nitrogen and oxygen atoms in total. The summed E-state index contributed by atoms with van der Waals surface area (Å²) in [4.78, 5) is 28.2. The van der Waals surface area contributed by atoms with Crippen LogP contribution in [0.15, 0.2) is 24.3 Å². The molecule has 0 spiro atoms. The lowest BCUT2D eigenvalue weighted by Gasteiger charge is -2.21. The third-order valence-corrected chi connectivity index (χ3v) is 2.25. The number of benzene rings is 1. The maximum absolute atomic E-state index is 12.9. The highest BCUT2D eigenvalue weighted by Crippen LogP contribution is 2.18. The van der Waals surface area contributed by atoms with E-state index in [1.165, 1.54) is 31.4 Å². The van der Waals surface area contributed by atoms with Crippen LogP contribution in [-0.2, 0) is 19.1 Å². The second kappa shape index (κ2) is 7.03. The summed E-state index contributed by atoms with van der Waals surface area (Å²) in [6, 6.07) is 5.05. The zero-order valence-electron chi connectivity index (χ0n) is 12.3. The second-order valence-corrected chi connectivity index (χ2v) is 5.18. The maximum atomic E-state index is 12.9. The van der Waals surface area contributed by atoms with Crippen LogP contribution in [0, 0.1) is 5.82 Å². The Kier molecular flexibility index (Phi) is 5.66. The van der Waals surface area contributed by atoms with Gasteiger partial charge in [0.25, 0.3) is 0 Å². The Hall–Kier alpha value is -2.15. The fourth-order valence-electron chi connectivity index (χ4n) is 1.40. The van der Waals surface area contributed by atoms with E-state index in [1.807, 2.05) is 5.48 Å². The number of carbonyl (C=O) groups excluding carboxylic acids is 2. The van der Waals surface area contributed by atoms with Crippen molar-refractivity contribution in [3.05, 3.63) is 35.6 Å². The first kappa shape index (κ1) is 16.9. The van der Waals surface area contributed by atoms with Gasteiger partial charge in [-0.2, -0.15) is 5.48 Å². The van der Waals surface area contributed by atoms with Crippen LogP contribution in [-0.4, -0.2) is 24.8 Å². The van der Waals surface area contributed by atoms with Gasteiger partial charge in [-0.15, -0.1) is 0 Å². The summed E-state index contributed by atoms with van der Waals surface area (Å²) in [5.41, 5.74) is 1.64. The average molecular weight is 299 g/mol. The van der Waals surface area contributed by atoms with Gasteiger partial charge in [0, 0.05) is 0 Å². The van der Waals surface area contributed by atoms with Crippen LogP contribution in [0.2, 0.25) is 0 Å². The van der Waals surface area contributed by atoms with Crippen molar-refractivity contribution in [1.29, 1.82) is 0 Å². The fourth-order valence-corrected chi connectivity index (χ4v) is 1.40. The van der Waals surface area contributed by atoms with Crippen molar-refractivity contribution in [2.24, 2.45) is 0 Å². The molecule has 0 fully saturated rings. The van der Waals surface area contributed by atoms with Gasteiger partial charge >= 0.3 is 12.1 Å². The molecule has 1 rings (SSSR count). The summed E-state index contributed by atoms with van der Waals surface area (Å²) < 4.78 is 22.4. The van der Waals surface area contributed by atoms with Crippen LogP contribution in [0.5, 0.6) is 0 Å². The van der Waals surface area contributed by atoms with Gasteiger partial charge in [0.1, 0.15) is 11.4 Å². The first-order valence-electron chi connectivity index (χ1n) is 6.21. The quantitative estimate of drug-likeness (QED) is 0.683. The molecule has 1 unspecified atom stereocenters. The van der Waals surface area contributed by atoms with E-state index in [1.54, 1.807) is 20.8 Å². The van der Waals surface area contributed by atoms with Crippen LogP contribution in [0.1, 0.15) is 32.4 Å². The summed E-state index contributed by atoms with van der Waals surface area (Å²) in [6.07, 6.45) is -2.07. The van der Waals surface area contributed by atoms with E-state index in [0.29, 0.717) is 5.56 Å². The third kappa shape index (κ3) is 5.78. The number of rotatable bonds is 4. The van der Waals surface area contributed by atoms with Gasteiger partial charge in [-0.3, -0.25) is 4.84 Å². The molecule has 7 heteroatoms. The Morgan fingerprint density at radius 2 is 1.76 bits per heavy atom. The van der Waals surface area contributed by atoms with E-state index in [2.05, 4.69) is 4.74 Å². The first-order valence-corrected chi connectivity index (χ1v) is 6.21. The van der Waals surface area contributed by atoms with Crippen molar-refractivity contribution in [2.75, 3.05) is 7.11 Å². The molecule has 0 radical (unpaired) electrons. The van der Waals surface area contributed by atoms with Gasteiger partial charge in [-0.25, -0.2) is 14.0 Å². The number of hydrogen-bond acceptors (Lipinski definition) is 5. The minimum Gasteiger partial charge on any atom is -0.467 e. The molecular formula is C14H18FNO5. The van der Waals surface area contributed by atoms with Crippen molar-refractivity contribution < 1.29 is 28.3 Å². The molecule has 0 aromatic heterocycles. The summed E-state index contributed by atoms with van der Waals surface area (Å²) in [7, 11) is 1.18. The van der Waals surface area contributed by atoms with Gasteiger partial charge in [-0.1, -0.05) is 12.1 Å². The Labute approximate surface area is 122 Å². The summed E-state index contributed by atoms with van der Waals surface area (Å²) in [5, 5.41) is 0. The number of ether oxygens (including phenoxy) is 2. The number of methoxy groups -OCH3 is 1. The minimum absolute atomic E-state index is 0.333. The molecule has 0 saturated heterocycles. The van der Waals surface area contributed by atoms with Crippen LogP contribution < -0.4 is 5.48 Å². The zero-order valence-corrected chi connectivity index (χ0v) is 12.3. The van der Waals surface area contributed by atoms with Crippen molar-refractivity contribution >= 4 is 12.1 Å². The van der Waals surface area contributed by atoms with Crippen LogP contribution >= 0.6 is 0 Å². The summed E-state index contributed by atoms with van der Waals surface area (Å²) in [6.45, 7) is 5.05. The van der Waals surface area contributed by atoms with Crippen molar-refractivity contribution in [3.63, 3.8) is 0 Å². The number of hydrogen-bond donors (Lipinski definition) is 1. The Morgan fingerprint density at radius 1 is 1.19 bits per heavy atom. The SMILES string of the molecule is COC(=O)C(ONC(=O)OC(C)(C)C)c1ccc(F)cc1. The van der Waals surface area contributed by atoms with Crippen LogP contribution in [0.25, 0.3) is 0 Å². The Morgan fingerprint density at radius 3 is 2.24 bits per heavy atom. The molecule has 0 saturated carbocycles. The second-order valence-electron chi connectivity index (χ2n) is 5.18. The highest BCUT2D eigenvalue weighted by Gasteiger charge is 2.25. The number of nitrogens with one attached hydrogen (secondary N) is 1. The number of carbonyl (C=O) groups is 2. The monoisotopic (exact) mass is 299 g/mol. The fraction of sp³-hybridized carbons (Fsp3) is 0.429. The molecular weight excluding hydrogens is 281 g/mol. The molecule has 0 aliphatic carbocycles. The van der Waals surface area contributed by atoms with Crippen molar-refractivity contribution in [3.8, 4) is 0 Å². The van der Waals surface area contributed by atoms with E-state index in [4.69, 9.17) is 9.57 Å². The van der Waals surface area contributed by atoms with Gasteiger partial charge in [-0.05, 0) is 38.5 Å². The normalized spacial score (nSPS) is 12.4. The standard InChI is InChI=1S/C14H18FNO5/c1-14(2,3)20-13(18)16-21-11(12(17)19-4)9-5-7-10(15)8-6-9/h5-8,11H,1-4H3,(H,16,18). The third-order valence-electron chi connectivity index (χ3n) is 2.25. The molecule has 0 heterocycles. The number of esters is 1. The van der Waals surface area contributed by atoms with Gasteiger partial charge in [0.15, 0.2) is 0 Å². The predicted molar refractivity (Wildman–Crippen MR) is 71.6 cm³/mol. The lowest BCUT2D eigenvalue weighted by Crippen LogP contribution is -2.35. The van der Waals surface area contributed by atoms with Crippen LogP contribution in [0.4, 0.5) is 9.18 Å². The number of amides is 1. The van der Waals surface area contributed by atoms with Crippen LogP contribution in [0.3, 0.4) is 0 Å².